The first-order valence-electron chi connectivity index (χ1n) is 21.2. The van der Waals surface area contributed by atoms with Crippen LogP contribution >= 0.6 is 15.9 Å². The lowest BCUT2D eigenvalue weighted by Gasteiger charge is -2.26. The van der Waals surface area contributed by atoms with Crippen LogP contribution < -0.4 is 0 Å². The quantitative estimate of drug-likeness (QED) is 0.127. The molecule has 1 aliphatic carbocycles. The third-order valence-electron chi connectivity index (χ3n) is 12.0. The van der Waals surface area contributed by atoms with E-state index in [1.165, 1.54) is 87.9 Å². The van der Waals surface area contributed by atoms with E-state index >= 15 is 0 Å². The van der Waals surface area contributed by atoms with Crippen LogP contribution in [0.2, 0.25) is 0 Å². The van der Waals surface area contributed by atoms with Gasteiger partial charge >= 0.3 is 0 Å². The molecule has 3 aromatic carbocycles. The average molecular weight is 872 g/mol. The molecule has 6 heterocycles. The highest BCUT2D eigenvalue weighted by molar-refractivity contribution is 9.10. The van der Waals surface area contributed by atoms with Crippen LogP contribution in [0.1, 0.15) is 62.5 Å². The van der Waals surface area contributed by atoms with Crippen molar-refractivity contribution in [1.29, 1.82) is 0 Å². The smallest absolute Gasteiger partial charge is 0.181 e. The molecular formula is C47H51BrN8O2S. The van der Waals surface area contributed by atoms with Crippen molar-refractivity contribution in [3.63, 3.8) is 0 Å². The number of rotatable bonds is 11. The number of nitrogens with zero attached hydrogens (tertiary/aromatic N) is 8. The molecule has 0 amide bonds. The number of benzene rings is 3. The molecule has 1 saturated carbocycles. The topological polar surface area (TPSA) is 101 Å². The summed E-state index contributed by atoms with van der Waals surface area (Å²) in [4.78, 5) is 14.7. The highest BCUT2D eigenvalue weighted by Crippen LogP contribution is 2.35. The van der Waals surface area contributed by atoms with Gasteiger partial charge in [-0.15, -0.1) is 0 Å². The molecule has 10 nitrogen and oxygen atoms in total. The van der Waals surface area contributed by atoms with Gasteiger partial charge in [-0.3, -0.25) is 0 Å². The molecule has 0 spiro atoms. The first-order valence-corrected chi connectivity index (χ1v) is 23.5. The van der Waals surface area contributed by atoms with Gasteiger partial charge in [0.25, 0.3) is 0 Å². The highest BCUT2D eigenvalue weighted by atomic mass is 79.9. The van der Waals surface area contributed by atoms with Crippen LogP contribution in [0.15, 0.2) is 119 Å². The predicted octanol–water partition coefficient (Wildman–Crippen LogP) is 9.22. The lowest BCUT2D eigenvalue weighted by atomic mass is 10.0. The molecule has 0 N–H and O–H groups in total. The van der Waals surface area contributed by atoms with Crippen molar-refractivity contribution in [2.45, 2.75) is 74.4 Å². The fourth-order valence-corrected chi connectivity index (χ4v) is 10.4. The molecule has 304 valence electrons. The van der Waals surface area contributed by atoms with E-state index in [0.717, 1.165) is 70.2 Å². The minimum atomic E-state index is -3.24. The van der Waals surface area contributed by atoms with Crippen LogP contribution in [-0.2, 0) is 22.7 Å². The summed E-state index contributed by atoms with van der Waals surface area (Å²) in [6.07, 6.45) is 23.2. The van der Waals surface area contributed by atoms with Gasteiger partial charge in [0.05, 0.1) is 27.0 Å². The second-order valence-electron chi connectivity index (χ2n) is 16.2. The van der Waals surface area contributed by atoms with E-state index in [0.29, 0.717) is 10.5 Å². The average Bonchev–Trinajstić information content (AvgIpc) is 3.98. The van der Waals surface area contributed by atoms with Crippen LogP contribution in [0.5, 0.6) is 0 Å². The summed E-state index contributed by atoms with van der Waals surface area (Å²) in [6.45, 7) is 7.30. The highest BCUT2D eigenvalue weighted by Gasteiger charge is 2.37. The molecule has 3 fully saturated rings. The number of hydrogen-bond acceptors (Lipinski definition) is 8. The Bertz CT molecular complexity index is 2630. The van der Waals surface area contributed by atoms with Crippen molar-refractivity contribution < 1.29 is 8.42 Å². The van der Waals surface area contributed by atoms with E-state index in [1.807, 2.05) is 35.4 Å². The van der Waals surface area contributed by atoms with Crippen molar-refractivity contribution in [2.75, 3.05) is 39.3 Å². The van der Waals surface area contributed by atoms with Gasteiger partial charge < -0.3 is 9.80 Å². The van der Waals surface area contributed by atoms with E-state index in [1.54, 1.807) is 35.1 Å². The van der Waals surface area contributed by atoms with Gasteiger partial charge in [0.1, 0.15) is 0 Å². The van der Waals surface area contributed by atoms with Crippen molar-refractivity contribution in [3.05, 3.63) is 126 Å². The number of aromatic nitrogens is 6. The van der Waals surface area contributed by atoms with Crippen LogP contribution in [0.3, 0.4) is 0 Å². The Morgan fingerprint density at radius 3 is 1.66 bits per heavy atom. The van der Waals surface area contributed by atoms with Gasteiger partial charge in [-0.1, -0.05) is 73.5 Å². The van der Waals surface area contributed by atoms with Crippen LogP contribution in [0.4, 0.5) is 0 Å². The molecule has 2 aliphatic heterocycles. The van der Waals surface area contributed by atoms with E-state index in [2.05, 4.69) is 89.4 Å². The van der Waals surface area contributed by atoms with Crippen LogP contribution in [0.25, 0.3) is 44.7 Å². The number of likely N-dealkylation sites (tertiary alicyclic amines) is 2. The molecule has 59 heavy (non-hydrogen) atoms. The maximum Gasteiger partial charge on any atom is 0.181 e. The van der Waals surface area contributed by atoms with Crippen molar-refractivity contribution in [2.24, 2.45) is 0 Å². The van der Waals surface area contributed by atoms with E-state index < -0.39 is 9.84 Å². The zero-order chi connectivity index (χ0) is 40.2. The van der Waals surface area contributed by atoms with Gasteiger partial charge in [0, 0.05) is 54.6 Å². The first kappa shape index (κ1) is 39.7. The van der Waals surface area contributed by atoms with Crippen LogP contribution in [-0.4, -0.2) is 91.9 Å². The lowest BCUT2D eigenvalue weighted by molar-refractivity contribution is 0.231. The summed E-state index contributed by atoms with van der Waals surface area (Å²) in [7, 11) is -3.24. The molecule has 4 aromatic heterocycles. The largest absolute Gasteiger partial charge is 0.303 e. The number of piperidine rings is 2. The molecule has 0 radical (unpaired) electrons. The van der Waals surface area contributed by atoms with Gasteiger partial charge in [0.15, 0.2) is 21.1 Å². The van der Waals surface area contributed by atoms with Gasteiger partial charge in [0.2, 0.25) is 0 Å². The maximum absolute atomic E-state index is 12.7. The molecule has 0 bridgehead atoms. The van der Waals surface area contributed by atoms with E-state index in [4.69, 9.17) is 4.98 Å². The monoisotopic (exact) mass is 870 g/mol. The van der Waals surface area contributed by atoms with Crippen LogP contribution in [0, 0.1) is 0 Å². The SMILES string of the molecule is Brc1cnn2cc(-c3ccc(CCN4CCCCC4)cc3)cnc12.O=S(=O)(c1cccc(-c2cnn3cc(-c4ccc(CCN5CCCCC5)cc4)cnc23)c1)C1CC1. The normalized spacial score (nSPS) is 16.6. The van der Waals surface area contributed by atoms with Crippen molar-refractivity contribution in [1.82, 2.24) is 39.0 Å². The maximum atomic E-state index is 12.7. The fraction of sp³-hybridized carbons (Fsp3) is 0.362. The number of hydrogen-bond donors (Lipinski definition) is 0. The Labute approximate surface area is 355 Å². The molecular weight excluding hydrogens is 821 g/mol. The number of halogens is 1. The molecule has 0 unspecified atom stereocenters. The van der Waals surface area contributed by atoms with E-state index in [9.17, 15) is 8.42 Å². The zero-order valence-corrected chi connectivity index (χ0v) is 35.9. The third-order valence-corrected chi connectivity index (χ3v) is 14.8. The van der Waals surface area contributed by atoms with Gasteiger partial charge in [-0.25, -0.2) is 27.4 Å². The molecule has 10 rings (SSSR count). The summed E-state index contributed by atoms with van der Waals surface area (Å²) < 4.78 is 29.9. The van der Waals surface area contributed by atoms with Crippen molar-refractivity contribution in [3.8, 4) is 33.4 Å². The lowest BCUT2D eigenvalue weighted by Crippen LogP contribution is -2.31. The minimum absolute atomic E-state index is 0.224. The molecule has 12 heteroatoms. The summed E-state index contributed by atoms with van der Waals surface area (Å²) in [5, 5.41) is 8.60. The number of fused-ring (bicyclic) bond motifs is 2. The van der Waals surface area contributed by atoms with Crippen molar-refractivity contribution >= 4 is 37.1 Å². The Morgan fingerprint density at radius 1 is 0.576 bits per heavy atom. The molecule has 0 atom stereocenters. The summed E-state index contributed by atoms with van der Waals surface area (Å²) in [6, 6.07) is 24.7. The summed E-state index contributed by atoms with van der Waals surface area (Å²) in [5.41, 5.74) is 10.3. The fourth-order valence-electron chi connectivity index (χ4n) is 8.30. The standard InChI is InChI=1S/C28H30N4O2S.C19H21BrN4/c33-35(34,25-11-12-25)26-6-4-5-23(17-26)27-19-30-32-20-24(18-29-28(27)32)22-9-7-21(8-10-22)13-16-31-14-2-1-3-15-31;20-18-13-22-24-14-17(12-21-19(18)24)16-6-4-15(5-7-16)8-11-23-9-2-1-3-10-23/h4-10,17-20,25H,1-3,11-16H2;4-7,12-14H,1-3,8-11H2. The predicted molar refractivity (Wildman–Crippen MR) is 238 cm³/mol. The second-order valence-corrected chi connectivity index (χ2v) is 19.3. The number of sulfone groups is 1. The van der Waals surface area contributed by atoms with E-state index in [-0.39, 0.29) is 5.25 Å². The Hall–Kier alpha value is -4.75. The molecule has 7 aromatic rings. The van der Waals surface area contributed by atoms with Gasteiger partial charge in [-0.05, 0) is 133 Å². The summed E-state index contributed by atoms with van der Waals surface area (Å²) >= 11 is 3.46. The second kappa shape index (κ2) is 17.8. The molecule has 3 aliphatic rings. The minimum Gasteiger partial charge on any atom is -0.303 e. The Morgan fingerprint density at radius 2 is 1.10 bits per heavy atom. The first-order chi connectivity index (χ1) is 28.9. The van der Waals surface area contributed by atoms with Gasteiger partial charge in [-0.2, -0.15) is 10.2 Å². The zero-order valence-electron chi connectivity index (χ0n) is 33.5. The Balaban J connectivity index is 0.000000163. The Kier molecular flexibility index (Phi) is 12.0. The third kappa shape index (κ3) is 9.36. The molecule has 2 saturated heterocycles. The summed E-state index contributed by atoms with van der Waals surface area (Å²) in [5.74, 6) is 0.